The highest BCUT2D eigenvalue weighted by Crippen LogP contribution is 2.02. The number of hydrogen-bond acceptors (Lipinski definition) is 1. The molecule has 1 aliphatic rings. The van der Waals surface area contributed by atoms with Crippen LogP contribution in [-0.2, 0) is 11.2 Å². The summed E-state index contributed by atoms with van der Waals surface area (Å²) in [6, 6.07) is 10.3. The van der Waals surface area contributed by atoms with Crippen molar-refractivity contribution in [2.24, 2.45) is 0 Å². The molecule has 0 aromatic heterocycles. The molecule has 2 rings (SSSR count). The van der Waals surface area contributed by atoms with E-state index in [0.29, 0.717) is 0 Å². The van der Waals surface area contributed by atoms with E-state index in [1.54, 1.807) is 0 Å². The van der Waals surface area contributed by atoms with Crippen LogP contribution in [0.15, 0.2) is 43.0 Å². The molecule has 92 valence electrons. The van der Waals surface area contributed by atoms with E-state index in [0.717, 1.165) is 32.2 Å². The number of carbonyl (C=O) groups excluding carboxylic acids is 1. The molecule has 0 bridgehead atoms. The first kappa shape index (κ1) is 13.5. The van der Waals surface area contributed by atoms with Gasteiger partial charge in [0.05, 0.1) is 0 Å². The second-order valence-electron chi connectivity index (χ2n) is 4.14. The van der Waals surface area contributed by atoms with Crippen LogP contribution in [-0.4, -0.2) is 12.5 Å². The highest BCUT2D eigenvalue weighted by Gasteiger charge is 2.03. The van der Waals surface area contributed by atoms with Gasteiger partial charge in [0.1, 0.15) is 0 Å². The van der Waals surface area contributed by atoms with Crippen LogP contribution in [0.4, 0.5) is 0 Å². The topological polar surface area (TPSA) is 29.1 Å². The molecule has 2 heteroatoms. The first-order valence-corrected chi connectivity index (χ1v) is 6.24. The molecule has 17 heavy (non-hydrogen) atoms. The Morgan fingerprint density at radius 3 is 2.65 bits per heavy atom. The summed E-state index contributed by atoms with van der Waals surface area (Å²) in [5.74, 6) is 0.225. The Labute approximate surface area is 104 Å². The van der Waals surface area contributed by atoms with Crippen LogP contribution in [0.1, 0.15) is 31.2 Å². The molecule has 2 nitrogen and oxygen atoms in total. The molecule has 1 amide bonds. The van der Waals surface area contributed by atoms with Gasteiger partial charge in [-0.3, -0.25) is 4.79 Å². The van der Waals surface area contributed by atoms with Gasteiger partial charge in [-0.25, -0.2) is 0 Å². The Balaban J connectivity index is 0.000000171. The van der Waals surface area contributed by atoms with Gasteiger partial charge in [-0.2, -0.15) is 0 Å². The van der Waals surface area contributed by atoms with Crippen molar-refractivity contribution < 1.29 is 4.79 Å². The molecule has 0 saturated carbocycles. The molecule has 0 atom stereocenters. The standard InChI is InChI=1S/C9H10.C6H11NO/c1-2-6-9-7-4-3-5-8-9;8-6-4-2-1-3-5-7-6/h2-5,7-8H,1,6H2;1-5H2,(H,7,8). The van der Waals surface area contributed by atoms with Gasteiger partial charge >= 0.3 is 0 Å². The van der Waals surface area contributed by atoms with E-state index in [-0.39, 0.29) is 5.91 Å². The molecule has 0 unspecified atom stereocenters. The van der Waals surface area contributed by atoms with Gasteiger partial charge in [-0.05, 0) is 24.8 Å². The van der Waals surface area contributed by atoms with Gasteiger partial charge in [-0.15, -0.1) is 6.58 Å². The summed E-state index contributed by atoms with van der Waals surface area (Å²) in [6.45, 7) is 4.54. The third kappa shape index (κ3) is 6.56. The van der Waals surface area contributed by atoms with Crippen LogP contribution in [0.3, 0.4) is 0 Å². The van der Waals surface area contributed by atoms with Crippen LogP contribution < -0.4 is 5.32 Å². The first-order valence-electron chi connectivity index (χ1n) is 6.24. The molecule has 0 radical (unpaired) electrons. The number of amides is 1. The van der Waals surface area contributed by atoms with E-state index >= 15 is 0 Å². The van der Waals surface area contributed by atoms with Crippen molar-refractivity contribution in [2.45, 2.75) is 32.1 Å². The molecule has 1 N–H and O–H groups in total. The number of carbonyl (C=O) groups is 1. The fraction of sp³-hybridized carbons (Fsp3) is 0.400. The lowest BCUT2D eigenvalue weighted by Gasteiger charge is -1.93. The van der Waals surface area contributed by atoms with Crippen LogP contribution in [0.25, 0.3) is 0 Å². The zero-order chi connectivity index (χ0) is 12.3. The molecule has 1 aliphatic heterocycles. The summed E-state index contributed by atoms with van der Waals surface area (Å²) >= 11 is 0. The fourth-order valence-electron chi connectivity index (χ4n) is 1.68. The van der Waals surface area contributed by atoms with Crippen molar-refractivity contribution in [2.75, 3.05) is 6.54 Å². The minimum Gasteiger partial charge on any atom is -0.356 e. The number of nitrogens with one attached hydrogen (secondary N) is 1. The van der Waals surface area contributed by atoms with Crippen molar-refractivity contribution in [3.8, 4) is 0 Å². The summed E-state index contributed by atoms with van der Waals surface area (Å²) in [5.41, 5.74) is 1.33. The normalized spacial score (nSPS) is 14.9. The molecular weight excluding hydrogens is 210 g/mol. The lowest BCUT2D eigenvalue weighted by atomic mass is 10.2. The lowest BCUT2D eigenvalue weighted by Crippen LogP contribution is -2.21. The highest BCUT2D eigenvalue weighted by molar-refractivity contribution is 5.75. The largest absolute Gasteiger partial charge is 0.356 e. The predicted octanol–water partition coefficient (Wildman–Crippen LogP) is 3.09. The van der Waals surface area contributed by atoms with Crippen molar-refractivity contribution >= 4 is 5.91 Å². The minimum absolute atomic E-state index is 0.225. The van der Waals surface area contributed by atoms with Crippen LogP contribution >= 0.6 is 0 Å². The Morgan fingerprint density at radius 2 is 1.94 bits per heavy atom. The summed E-state index contributed by atoms with van der Waals surface area (Å²) in [4.78, 5) is 10.6. The quantitative estimate of drug-likeness (QED) is 0.779. The van der Waals surface area contributed by atoms with Gasteiger partial charge in [-0.1, -0.05) is 42.8 Å². The molecule has 0 aliphatic carbocycles. The maximum absolute atomic E-state index is 10.6. The van der Waals surface area contributed by atoms with Crippen molar-refractivity contribution in [1.29, 1.82) is 0 Å². The SMILES string of the molecule is C=CCc1ccccc1.O=C1CCCCCN1. The third-order valence-electron chi connectivity index (χ3n) is 2.63. The molecule has 1 aromatic carbocycles. The molecule has 1 saturated heterocycles. The summed E-state index contributed by atoms with van der Waals surface area (Å²) < 4.78 is 0. The number of rotatable bonds is 2. The number of hydrogen-bond donors (Lipinski definition) is 1. The molecule has 1 heterocycles. The maximum atomic E-state index is 10.6. The zero-order valence-corrected chi connectivity index (χ0v) is 10.3. The van der Waals surface area contributed by atoms with Gasteiger partial charge in [0.2, 0.25) is 5.91 Å². The van der Waals surface area contributed by atoms with E-state index in [4.69, 9.17) is 0 Å². The van der Waals surface area contributed by atoms with Gasteiger partial charge < -0.3 is 5.32 Å². The fourth-order valence-corrected chi connectivity index (χ4v) is 1.68. The summed E-state index contributed by atoms with van der Waals surface area (Å²) in [5, 5.41) is 2.81. The maximum Gasteiger partial charge on any atom is 0.219 e. The predicted molar refractivity (Wildman–Crippen MR) is 71.8 cm³/mol. The summed E-state index contributed by atoms with van der Waals surface area (Å²) in [6.07, 6.45) is 7.06. The average molecular weight is 231 g/mol. The van der Waals surface area contributed by atoms with Crippen LogP contribution in [0.2, 0.25) is 0 Å². The highest BCUT2D eigenvalue weighted by atomic mass is 16.1. The van der Waals surface area contributed by atoms with Crippen LogP contribution in [0, 0.1) is 0 Å². The second-order valence-corrected chi connectivity index (χ2v) is 4.14. The third-order valence-corrected chi connectivity index (χ3v) is 2.63. The minimum atomic E-state index is 0.225. The van der Waals surface area contributed by atoms with Crippen molar-refractivity contribution in [3.63, 3.8) is 0 Å². The van der Waals surface area contributed by atoms with E-state index in [2.05, 4.69) is 24.0 Å². The molecule has 1 fully saturated rings. The molecular formula is C15H21NO. The average Bonchev–Trinajstić information content (AvgIpc) is 2.60. The Hall–Kier alpha value is -1.57. The number of allylic oxidation sites excluding steroid dienone is 1. The van der Waals surface area contributed by atoms with Crippen LogP contribution in [0.5, 0.6) is 0 Å². The van der Waals surface area contributed by atoms with Gasteiger partial charge in [0, 0.05) is 13.0 Å². The lowest BCUT2D eigenvalue weighted by molar-refractivity contribution is -0.120. The Bertz CT molecular complexity index is 322. The van der Waals surface area contributed by atoms with Crippen molar-refractivity contribution in [1.82, 2.24) is 5.32 Å². The van der Waals surface area contributed by atoms with E-state index in [1.165, 1.54) is 12.0 Å². The van der Waals surface area contributed by atoms with Gasteiger partial charge in [0.15, 0.2) is 0 Å². The van der Waals surface area contributed by atoms with E-state index in [1.807, 2.05) is 24.3 Å². The Morgan fingerprint density at radius 1 is 1.18 bits per heavy atom. The van der Waals surface area contributed by atoms with E-state index in [9.17, 15) is 4.79 Å². The molecule has 0 spiro atoms. The Kier molecular flexibility index (Phi) is 6.80. The van der Waals surface area contributed by atoms with Crippen molar-refractivity contribution in [3.05, 3.63) is 48.6 Å². The summed E-state index contributed by atoms with van der Waals surface area (Å²) in [7, 11) is 0. The number of benzene rings is 1. The zero-order valence-electron chi connectivity index (χ0n) is 10.3. The van der Waals surface area contributed by atoms with E-state index < -0.39 is 0 Å². The monoisotopic (exact) mass is 231 g/mol. The second kappa shape index (κ2) is 8.57. The smallest absolute Gasteiger partial charge is 0.219 e. The van der Waals surface area contributed by atoms with Gasteiger partial charge in [0.25, 0.3) is 0 Å². The molecule has 1 aromatic rings. The first-order chi connectivity index (χ1) is 8.33.